The van der Waals surface area contributed by atoms with Crippen LogP contribution in [0.3, 0.4) is 0 Å². The van der Waals surface area contributed by atoms with Gasteiger partial charge in [0.05, 0.1) is 12.7 Å². The fourth-order valence-electron chi connectivity index (χ4n) is 2.72. The highest BCUT2D eigenvalue weighted by atomic mass is 16.5. The molecule has 0 N–H and O–H groups in total. The van der Waals surface area contributed by atoms with Gasteiger partial charge in [0.25, 0.3) is 0 Å². The fraction of sp³-hybridized carbons (Fsp3) is 0.409. The molecule has 2 aromatic rings. The van der Waals surface area contributed by atoms with Gasteiger partial charge in [-0.2, -0.15) is 5.26 Å². The van der Waals surface area contributed by atoms with Crippen LogP contribution in [-0.4, -0.2) is 20.3 Å². The summed E-state index contributed by atoms with van der Waals surface area (Å²) < 4.78 is 17.0. The zero-order valence-electron chi connectivity index (χ0n) is 16.3. The first-order valence-electron chi connectivity index (χ1n) is 8.86. The molecule has 0 spiro atoms. The van der Waals surface area contributed by atoms with Crippen molar-refractivity contribution in [1.29, 1.82) is 5.26 Å². The molecule has 0 saturated heterocycles. The Balaban J connectivity index is 2.07. The van der Waals surface area contributed by atoms with Gasteiger partial charge in [0.1, 0.15) is 25.0 Å². The summed E-state index contributed by atoms with van der Waals surface area (Å²) >= 11 is 0. The van der Waals surface area contributed by atoms with Crippen molar-refractivity contribution in [3.8, 4) is 23.3 Å². The van der Waals surface area contributed by atoms with Gasteiger partial charge < -0.3 is 14.2 Å². The van der Waals surface area contributed by atoms with E-state index in [9.17, 15) is 5.26 Å². The molecule has 0 amide bonds. The largest absolute Gasteiger partial charge is 0.493 e. The fourth-order valence-corrected chi connectivity index (χ4v) is 2.72. The molecule has 4 nitrogen and oxygen atoms in total. The van der Waals surface area contributed by atoms with Gasteiger partial charge in [0, 0.05) is 0 Å². The topological polar surface area (TPSA) is 51.5 Å². The van der Waals surface area contributed by atoms with Crippen LogP contribution in [0, 0.1) is 11.3 Å². The van der Waals surface area contributed by atoms with Crippen LogP contribution in [0.25, 0.3) is 0 Å². The predicted molar refractivity (Wildman–Crippen MR) is 103 cm³/mol. The van der Waals surface area contributed by atoms with E-state index in [4.69, 9.17) is 14.2 Å². The molecule has 2 rings (SSSR count). The van der Waals surface area contributed by atoms with Crippen LogP contribution < -0.4 is 14.2 Å². The molecule has 0 saturated carbocycles. The van der Waals surface area contributed by atoms with Crippen molar-refractivity contribution < 1.29 is 14.2 Å². The van der Waals surface area contributed by atoms with Crippen molar-refractivity contribution in [1.82, 2.24) is 0 Å². The molecule has 0 aliphatic carbocycles. The maximum atomic E-state index is 9.23. The van der Waals surface area contributed by atoms with Crippen molar-refractivity contribution in [2.45, 2.75) is 39.5 Å². The Hall–Kier alpha value is -2.67. The minimum Gasteiger partial charge on any atom is -0.493 e. The molecule has 2 aromatic carbocycles. The third kappa shape index (κ3) is 4.70. The summed E-state index contributed by atoms with van der Waals surface area (Å²) in [5.74, 6) is 1.88. The lowest BCUT2D eigenvalue weighted by molar-refractivity contribution is 0.208. The van der Waals surface area contributed by atoms with Crippen LogP contribution in [0.15, 0.2) is 36.4 Å². The number of hydrogen-bond donors (Lipinski definition) is 0. The maximum Gasteiger partial charge on any atom is 0.179 e. The SMILES string of the molecule is CCc1ccc(OCCOc2c(C#N)cccc2OC)c(C(C)(C)C)c1. The van der Waals surface area contributed by atoms with Crippen LogP contribution in [-0.2, 0) is 11.8 Å². The van der Waals surface area contributed by atoms with E-state index in [1.807, 2.05) is 6.07 Å². The second-order valence-electron chi connectivity index (χ2n) is 7.08. The summed E-state index contributed by atoms with van der Waals surface area (Å²) in [7, 11) is 1.56. The minimum atomic E-state index is -0.00199. The molecule has 0 heterocycles. The van der Waals surface area contributed by atoms with E-state index in [2.05, 4.69) is 45.9 Å². The third-order valence-electron chi connectivity index (χ3n) is 4.17. The van der Waals surface area contributed by atoms with Gasteiger partial charge in [0.15, 0.2) is 11.5 Å². The lowest BCUT2D eigenvalue weighted by Crippen LogP contribution is -2.16. The number of rotatable bonds is 7. The van der Waals surface area contributed by atoms with Gasteiger partial charge >= 0.3 is 0 Å². The van der Waals surface area contributed by atoms with Gasteiger partial charge in [-0.25, -0.2) is 0 Å². The van der Waals surface area contributed by atoms with E-state index in [0.717, 1.165) is 12.2 Å². The Morgan fingerprint density at radius 2 is 1.73 bits per heavy atom. The Morgan fingerprint density at radius 3 is 2.35 bits per heavy atom. The zero-order valence-corrected chi connectivity index (χ0v) is 16.3. The molecule has 4 heteroatoms. The van der Waals surface area contributed by atoms with E-state index in [1.54, 1.807) is 25.3 Å². The van der Waals surface area contributed by atoms with Crippen LogP contribution in [0.5, 0.6) is 17.2 Å². The Bertz CT molecular complexity index is 785. The van der Waals surface area contributed by atoms with E-state index in [1.165, 1.54) is 11.1 Å². The number of methoxy groups -OCH3 is 1. The summed E-state index contributed by atoms with van der Waals surface area (Å²) in [6, 6.07) is 13.7. The molecular formula is C22H27NO3. The van der Waals surface area contributed by atoms with Crippen LogP contribution in [0.4, 0.5) is 0 Å². The summed E-state index contributed by atoms with van der Waals surface area (Å²) in [6.07, 6.45) is 0.997. The number of nitrogens with zero attached hydrogens (tertiary/aromatic N) is 1. The number of para-hydroxylation sites is 1. The summed E-state index contributed by atoms with van der Waals surface area (Å²) in [4.78, 5) is 0. The van der Waals surface area contributed by atoms with Gasteiger partial charge in [-0.15, -0.1) is 0 Å². The molecule has 0 unspecified atom stereocenters. The van der Waals surface area contributed by atoms with Crippen molar-refractivity contribution in [3.63, 3.8) is 0 Å². The number of ether oxygens (including phenoxy) is 3. The Kier molecular flexibility index (Phi) is 6.52. The molecule has 0 aliphatic heterocycles. The van der Waals surface area contributed by atoms with Crippen LogP contribution in [0.1, 0.15) is 44.4 Å². The summed E-state index contributed by atoms with van der Waals surface area (Å²) in [6.45, 7) is 9.40. The van der Waals surface area contributed by atoms with Crippen molar-refractivity contribution in [2.24, 2.45) is 0 Å². The summed E-state index contributed by atoms with van der Waals surface area (Å²) in [5, 5.41) is 9.23. The molecule has 26 heavy (non-hydrogen) atoms. The standard InChI is InChI=1S/C22H27NO3/c1-6-16-10-11-19(18(14-16)22(2,3)4)25-12-13-26-21-17(15-23)8-7-9-20(21)24-5/h7-11,14H,6,12-13H2,1-5H3. The van der Waals surface area contributed by atoms with Gasteiger partial charge in [-0.1, -0.05) is 45.9 Å². The number of hydrogen-bond acceptors (Lipinski definition) is 4. The minimum absolute atomic E-state index is 0.00199. The van der Waals surface area contributed by atoms with Gasteiger partial charge in [-0.05, 0) is 41.2 Å². The highest BCUT2D eigenvalue weighted by Gasteiger charge is 2.19. The first-order chi connectivity index (χ1) is 12.4. The van der Waals surface area contributed by atoms with E-state index in [0.29, 0.717) is 30.3 Å². The number of nitriles is 1. The lowest BCUT2D eigenvalue weighted by Gasteiger charge is -2.24. The van der Waals surface area contributed by atoms with E-state index in [-0.39, 0.29) is 5.41 Å². The van der Waals surface area contributed by atoms with Gasteiger partial charge in [-0.3, -0.25) is 0 Å². The van der Waals surface area contributed by atoms with Crippen molar-refractivity contribution in [3.05, 3.63) is 53.1 Å². The van der Waals surface area contributed by atoms with E-state index >= 15 is 0 Å². The average molecular weight is 353 g/mol. The molecule has 0 radical (unpaired) electrons. The Labute approximate surface area is 156 Å². The Morgan fingerprint density at radius 1 is 1.00 bits per heavy atom. The van der Waals surface area contributed by atoms with E-state index < -0.39 is 0 Å². The molecular weight excluding hydrogens is 326 g/mol. The van der Waals surface area contributed by atoms with Gasteiger partial charge in [0.2, 0.25) is 0 Å². The molecule has 138 valence electrons. The number of benzene rings is 2. The maximum absolute atomic E-state index is 9.23. The zero-order chi connectivity index (χ0) is 19.2. The third-order valence-corrected chi connectivity index (χ3v) is 4.17. The second kappa shape index (κ2) is 8.62. The molecule has 0 atom stereocenters. The number of aryl methyl sites for hydroxylation is 1. The molecule has 0 bridgehead atoms. The molecule has 0 fully saturated rings. The summed E-state index contributed by atoms with van der Waals surface area (Å²) in [5.41, 5.74) is 2.93. The van der Waals surface area contributed by atoms with Crippen LogP contribution >= 0.6 is 0 Å². The monoisotopic (exact) mass is 353 g/mol. The van der Waals surface area contributed by atoms with Crippen LogP contribution in [0.2, 0.25) is 0 Å². The first kappa shape index (κ1) is 19.7. The normalized spacial score (nSPS) is 10.9. The quantitative estimate of drug-likeness (QED) is 0.665. The molecule has 0 aromatic heterocycles. The first-order valence-corrected chi connectivity index (χ1v) is 8.86. The lowest BCUT2D eigenvalue weighted by atomic mass is 9.85. The highest BCUT2D eigenvalue weighted by molar-refractivity contribution is 5.52. The molecule has 0 aliphatic rings. The van der Waals surface area contributed by atoms with Crippen molar-refractivity contribution in [2.75, 3.05) is 20.3 Å². The highest BCUT2D eigenvalue weighted by Crippen LogP contribution is 2.33. The second-order valence-corrected chi connectivity index (χ2v) is 7.08. The predicted octanol–water partition coefficient (Wildman–Crippen LogP) is 4.88. The smallest absolute Gasteiger partial charge is 0.179 e. The van der Waals surface area contributed by atoms with Crippen molar-refractivity contribution >= 4 is 0 Å². The average Bonchev–Trinajstić information content (AvgIpc) is 2.64.